The lowest BCUT2D eigenvalue weighted by Gasteiger charge is -1.93. The van der Waals surface area contributed by atoms with Gasteiger partial charge >= 0.3 is 0 Å². The maximum atomic E-state index is 8.75. The molecule has 0 saturated heterocycles. The third-order valence-corrected chi connectivity index (χ3v) is 1.61. The van der Waals surface area contributed by atoms with Crippen LogP contribution in [0.3, 0.4) is 0 Å². The number of aromatic nitrogens is 1. The maximum Gasteiger partial charge on any atom is 0.120 e. The summed E-state index contributed by atoms with van der Waals surface area (Å²) in [7, 11) is 0. The van der Waals surface area contributed by atoms with Gasteiger partial charge in [-0.05, 0) is 24.3 Å². The van der Waals surface area contributed by atoms with Gasteiger partial charge in [0.1, 0.15) is 6.73 Å². The molecule has 0 aliphatic rings. The summed E-state index contributed by atoms with van der Waals surface area (Å²) in [5.74, 6) is 0. The van der Waals surface area contributed by atoms with Gasteiger partial charge in [-0.25, -0.2) is 0 Å². The zero-order valence-corrected chi connectivity index (χ0v) is 4.91. The molecule has 0 unspecified atom stereocenters. The highest BCUT2D eigenvalue weighted by Crippen LogP contribution is 2.14. The topological polar surface area (TPSA) is 25.2 Å². The number of hydrogen-bond donors (Lipinski definition) is 1. The first-order valence-electron chi connectivity index (χ1n) is 2.90. The zero-order chi connectivity index (χ0) is 6.27. The van der Waals surface area contributed by atoms with E-state index in [4.69, 9.17) is 5.11 Å². The standard InChI is InChI=1S/C7H7NO/c9-5-8-6-1-2-7(8)4-3-6/h1-4,9H,5H2. The normalized spacial score (nSPS) is 11.2. The minimum atomic E-state index is 0.0880. The van der Waals surface area contributed by atoms with E-state index in [1.807, 2.05) is 28.8 Å². The predicted octanol–water partition coefficient (Wildman–Crippen LogP) is 1.03. The highest BCUT2D eigenvalue weighted by molar-refractivity contribution is 5.67. The average molecular weight is 121 g/mol. The van der Waals surface area contributed by atoms with Crippen molar-refractivity contribution in [3.63, 3.8) is 0 Å². The molecule has 0 radical (unpaired) electrons. The molecule has 0 fully saturated rings. The van der Waals surface area contributed by atoms with E-state index < -0.39 is 0 Å². The van der Waals surface area contributed by atoms with Crippen LogP contribution < -0.4 is 0 Å². The Morgan fingerprint density at radius 1 is 1.11 bits per heavy atom. The van der Waals surface area contributed by atoms with Crippen molar-refractivity contribution in [2.45, 2.75) is 6.73 Å². The quantitative estimate of drug-likeness (QED) is 0.599. The van der Waals surface area contributed by atoms with Crippen molar-refractivity contribution in [1.82, 2.24) is 4.57 Å². The number of nitrogens with zero attached hydrogens (tertiary/aromatic N) is 1. The van der Waals surface area contributed by atoms with E-state index in [2.05, 4.69) is 0 Å². The second kappa shape index (κ2) is 1.48. The van der Waals surface area contributed by atoms with Crippen molar-refractivity contribution in [1.29, 1.82) is 0 Å². The van der Waals surface area contributed by atoms with Gasteiger partial charge < -0.3 is 9.67 Å². The van der Waals surface area contributed by atoms with E-state index >= 15 is 0 Å². The average Bonchev–Trinajstić information content (AvgIpc) is 2.44. The Balaban J connectivity index is 2.80. The van der Waals surface area contributed by atoms with Gasteiger partial charge in [0.05, 0.1) is 0 Å². The van der Waals surface area contributed by atoms with Crippen LogP contribution >= 0.6 is 0 Å². The Labute approximate surface area is 52.7 Å². The lowest BCUT2D eigenvalue weighted by atomic mass is 10.4. The Morgan fingerprint density at radius 3 is 1.78 bits per heavy atom. The Morgan fingerprint density at radius 2 is 1.56 bits per heavy atom. The van der Waals surface area contributed by atoms with Gasteiger partial charge in [-0.3, -0.25) is 0 Å². The van der Waals surface area contributed by atoms with Crippen LogP contribution in [0.15, 0.2) is 24.3 Å². The third kappa shape index (κ3) is 0.481. The van der Waals surface area contributed by atoms with Gasteiger partial charge in [0.25, 0.3) is 0 Å². The summed E-state index contributed by atoms with van der Waals surface area (Å²) < 4.78 is 1.85. The molecule has 2 nitrogen and oxygen atoms in total. The molecule has 0 aliphatic carbocycles. The van der Waals surface area contributed by atoms with Crippen LogP contribution in [0.25, 0.3) is 11.0 Å². The van der Waals surface area contributed by atoms with Crippen LogP contribution in [0.2, 0.25) is 0 Å². The molecule has 0 atom stereocenters. The second-order valence-corrected chi connectivity index (χ2v) is 2.09. The summed E-state index contributed by atoms with van der Waals surface area (Å²) in [4.78, 5) is 0. The molecule has 2 aromatic heterocycles. The summed E-state index contributed by atoms with van der Waals surface area (Å²) in [5.41, 5.74) is 2.18. The molecule has 46 valence electrons. The van der Waals surface area contributed by atoms with E-state index in [0.29, 0.717) is 0 Å². The van der Waals surface area contributed by atoms with Gasteiger partial charge in [-0.15, -0.1) is 0 Å². The SMILES string of the molecule is OCn1c2ccc1cc2. The number of rotatable bonds is 1. The Hall–Kier alpha value is -1.02. The molecular weight excluding hydrogens is 114 g/mol. The molecule has 2 rings (SSSR count). The molecule has 2 heteroatoms. The minimum Gasteiger partial charge on any atom is -0.376 e. The second-order valence-electron chi connectivity index (χ2n) is 2.09. The first kappa shape index (κ1) is 4.82. The van der Waals surface area contributed by atoms with Gasteiger partial charge in [0.15, 0.2) is 0 Å². The molecule has 0 spiro atoms. The van der Waals surface area contributed by atoms with Crippen molar-refractivity contribution >= 4 is 11.0 Å². The molecule has 0 amide bonds. The van der Waals surface area contributed by atoms with Crippen LogP contribution in [0.1, 0.15) is 0 Å². The molecule has 0 aromatic carbocycles. The number of aliphatic hydroxyl groups excluding tert-OH is 1. The molecule has 1 N–H and O–H groups in total. The lowest BCUT2D eigenvalue weighted by molar-refractivity contribution is 0.220. The monoisotopic (exact) mass is 121 g/mol. The molecular formula is C7H7NO. The van der Waals surface area contributed by atoms with Crippen molar-refractivity contribution < 1.29 is 5.11 Å². The van der Waals surface area contributed by atoms with E-state index in [1.54, 1.807) is 0 Å². The van der Waals surface area contributed by atoms with Gasteiger partial charge in [0, 0.05) is 11.0 Å². The van der Waals surface area contributed by atoms with Crippen LogP contribution in [0.4, 0.5) is 0 Å². The number of benzene rings is 1. The summed E-state index contributed by atoms with van der Waals surface area (Å²) in [6.45, 7) is 0.0880. The van der Waals surface area contributed by atoms with E-state index in [9.17, 15) is 0 Å². The van der Waals surface area contributed by atoms with E-state index in [1.165, 1.54) is 0 Å². The van der Waals surface area contributed by atoms with Crippen molar-refractivity contribution in [2.75, 3.05) is 0 Å². The zero-order valence-electron chi connectivity index (χ0n) is 4.91. The van der Waals surface area contributed by atoms with Gasteiger partial charge in [-0.1, -0.05) is 0 Å². The highest BCUT2D eigenvalue weighted by atomic mass is 16.3. The third-order valence-electron chi connectivity index (χ3n) is 1.61. The Kier molecular flexibility index (Phi) is 0.794. The van der Waals surface area contributed by atoms with Crippen LogP contribution in [-0.2, 0) is 6.73 Å². The van der Waals surface area contributed by atoms with Crippen LogP contribution in [-0.4, -0.2) is 9.67 Å². The maximum absolute atomic E-state index is 8.75. The number of hydrogen-bond acceptors (Lipinski definition) is 1. The van der Waals surface area contributed by atoms with Crippen LogP contribution in [0, 0.1) is 0 Å². The van der Waals surface area contributed by atoms with Gasteiger partial charge in [0.2, 0.25) is 0 Å². The highest BCUT2D eigenvalue weighted by Gasteiger charge is 1.99. The Bertz CT molecular complexity index is 251. The van der Waals surface area contributed by atoms with Gasteiger partial charge in [-0.2, -0.15) is 0 Å². The molecule has 2 aromatic rings. The molecule has 0 aliphatic heterocycles. The molecule has 9 heavy (non-hydrogen) atoms. The summed E-state index contributed by atoms with van der Waals surface area (Å²) in [5, 5.41) is 8.75. The molecule has 0 saturated carbocycles. The number of fused-ring (bicyclic) bond motifs is 2. The first-order valence-corrected chi connectivity index (χ1v) is 2.90. The van der Waals surface area contributed by atoms with E-state index in [0.717, 1.165) is 11.0 Å². The first-order chi connectivity index (χ1) is 4.42. The van der Waals surface area contributed by atoms with Crippen molar-refractivity contribution in [3.05, 3.63) is 24.3 Å². The number of aliphatic hydroxyl groups is 1. The minimum absolute atomic E-state index is 0.0880. The van der Waals surface area contributed by atoms with E-state index in [-0.39, 0.29) is 6.73 Å². The van der Waals surface area contributed by atoms with Crippen molar-refractivity contribution in [3.8, 4) is 0 Å². The summed E-state index contributed by atoms with van der Waals surface area (Å²) >= 11 is 0. The fraction of sp³-hybridized carbons (Fsp3) is 0.143. The summed E-state index contributed by atoms with van der Waals surface area (Å²) in [6.07, 6.45) is 0. The summed E-state index contributed by atoms with van der Waals surface area (Å²) in [6, 6.07) is 7.97. The fourth-order valence-electron chi connectivity index (χ4n) is 1.12. The largest absolute Gasteiger partial charge is 0.376 e. The molecule has 2 heterocycles. The van der Waals surface area contributed by atoms with Crippen LogP contribution in [0.5, 0.6) is 0 Å². The molecule has 2 bridgehead atoms. The smallest absolute Gasteiger partial charge is 0.120 e. The van der Waals surface area contributed by atoms with Crippen molar-refractivity contribution in [2.24, 2.45) is 0 Å². The predicted molar refractivity (Wildman–Crippen MR) is 35.3 cm³/mol. The fourth-order valence-corrected chi connectivity index (χ4v) is 1.12. The lowest BCUT2D eigenvalue weighted by Crippen LogP contribution is -1.90.